The van der Waals surface area contributed by atoms with Gasteiger partial charge in [-0.05, 0) is 57.9 Å². The van der Waals surface area contributed by atoms with Gasteiger partial charge in [-0.15, -0.1) is 22.7 Å². The largest absolute Gasteiger partial charge is 0.505 e. The fourth-order valence-corrected chi connectivity index (χ4v) is 6.02. The minimum absolute atomic E-state index is 0.0772. The Morgan fingerprint density at radius 2 is 1.35 bits per heavy atom. The van der Waals surface area contributed by atoms with Crippen molar-refractivity contribution < 1.29 is 9.31 Å². The number of hydrogen-bond donors (Lipinski definition) is 0. The minimum Gasteiger partial charge on any atom is -0.399 e. The van der Waals surface area contributed by atoms with Crippen molar-refractivity contribution >= 4 is 34.6 Å². The lowest BCUT2D eigenvalue weighted by molar-refractivity contribution is 0.00578. The average Bonchev–Trinajstić information content (AvgIpc) is 3.07. The summed E-state index contributed by atoms with van der Waals surface area (Å²) in [4.78, 5) is 4.24. The van der Waals surface area contributed by atoms with Gasteiger partial charge in [-0.3, -0.25) is 0 Å². The maximum atomic E-state index is 6.24. The normalized spacial score (nSPS) is 23.2. The molecule has 3 heterocycles. The van der Waals surface area contributed by atoms with Gasteiger partial charge in [-0.1, -0.05) is 13.8 Å². The van der Waals surface area contributed by atoms with E-state index in [0.29, 0.717) is 0 Å². The molecule has 23 heavy (non-hydrogen) atoms. The Hall–Kier alpha value is -0.615. The molecular formula is C18H23BO2S2. The summed E-state index contributed by atoms with van der Waals surface area (Å²) in [5, 5.41) is 0. The van der Waals surface area contributed by atoms with E-state index >= 15 is 0 Å². The van der Waals surface area contributed by atoms with Crippen LogP contribution >= 0.6 is 22.7 Å². The van der Waals surface area contributed by atoms with Crippen molar-refractivity contribution in [1.82, 2.24) is 0 Å². The van der Waals surface area contributed by atoms with E-state index in [4.69, 9.17) is 9.31 Å². The van der Waals surface area contributed by atoms with Gasteiger partial charge >= 0.3 is 7.12 Å². The van der Waals surface area contributed by atoms with E-state index in [2.05, 4.69) is 60.6 Å². The molecule has 122 valence electrons. The maximum absolute atomic E-state index is 6.24. The van der Waals surface area contributed by atoms with Gasteiger partial charge < -0.3 is 9.31 Å². The van der Waals surface area contributed by atoms with Crippen molar-refractivity contribution in [3.05, 3.63) is 28.1 Å². The molecule has 2 aromatic heterocycles. The molecule has 0 spiro atoms. The van der Waals surface area contributed by atoms with Crippen molar-refractivity contribution in [1.29, 1.82) is 0 Å². The average molecular weight is 346 g/mol. The van der Waals surface area contributed by atoms with Crippen LogP contribution < -0.4 is 4.78 Å². The third-order valence-corrected chi connectivity index (χ3v) is 8.02. The standard InChI is InChI=1S/C18H23BO2S2/c1-10-8-11-14(22-10)15-12(16(11,2)3)9-13(23-15)19-20-17(4,5)18(6,7)21-19/h8-9H,1-7H3. The monoisotopic (exact) mass is 346 g/mol. The second-order valence-corrected chi connectivity index (χ2v) is 10.5. The Morgan fingerprint density at radius 3 is 1.96 bits per heavy atom. The summed E-state index contributed by atoms with van der Waals surface area (Å²) in [7, 11) is -0.254. The van der Waals surface area contributed by atoms with Crippen LogP contribution in [0, 0.1) is 6.92 Å². The molecule has 0 N–H and O–H groups in total. The Balaban J connectivity index is 1.77. The molecule has 2 aliphatic rings. The molecule has 0 radical (unpaired) electrons. The second-order valence-electron chi connectivity index (χ2n) is 8.20. The number of aryl methyl sites for hydroxylation is 1. The van der Waals surface area contributed by atoms with E-state index in [1.807, 2.05) is 22.7 Å². The molecule has 0 amide bonds. The Kier molecular flexibility index (Phi) is 3.12. The van der Waals surface area contributed by atoms with E-state index in [1.165, 1.54) is 30.5 Å². The Morgan fingerprint density at radius 1 is 0.826 bits per heavy atom. The summed E-state index contributed by atoms with van der Waals surface area (Å²) in [6.45, 7) is 15.3. The first-order valence-electron chi connectivity index (χ1n) is 8.14. The van der Waals surface area contributed by atoms with Crippen LogP contribution in [-0.2, 0) is 14.7 Å². The van der Waals surface area contributed by atoms with E-state index in [1.54, 1.807) is 0 Å². The van der Waals surface area contributed by atoms with Crippen molar-refractivity contribution in [2.24, 2.45) is 0 Å². The van der Waals surface area contributed by atoms with Gasteiger partial charge in [0.2, 0.25) is 0 Å². The Labute approximate surface area is 147 Å². The zero-order chi connectivity index (χ0) is 16.8. The summed E-state index contributed by atoms with van der Waals surface area (Å²) in [6, 6.07) is 4.66. The van der Waals surface area contributed by atoms with Gasteiger partial charge in [0.1, 0.15) is 0 Å². The van der Waals surface area contributed by atoms with Crippen LogP contribution in [0.4, 0.5) is 0 Å². The molecular weight excluding hydrogens is 323 g/mol. The number of rotatable bonds is 1. The maximum Gasteiger partial charge on any atom is 0.505 e. The smallest absolute Gasteiger partial charge is 0.399 e. The molecule has 1 fully saturated rings. The van der Waals surface area contributed by atoms with Crippen molar-refractivity contribution in [3.63, 3.8) is 0 Å². The van der Waals surface area contributed by atoms with Crippen molar-refractivity contribution in [3.8, 4) is 9.75 Å². The second kappa shape index (κ2) is 4.51. The van der Waals surface area contributed by atoms with Gasteiger partial charge in [0.25, 0.3) is 0 Å². The summed E-state index contributed by atoms with van der Waals surface area (Å²) in [5.74, 6) is 0. The van der Waals surface area contributed by atoms with Crippen LogP contribution in [0.1, 0.15) is 57.5 Å². The SMILES string of the molecule is Cc1cc2c(s1)-c1sc(B3OC(C)(C)C(C)(C)O3)cc1C2(C)C. The highest BCUT2D eigenvalue weighted by molar-refractivity contribution is 7.28. The minimum atomic E-state index is -0.285. The zero-order valence-corrected chi connectivity index (χ0v) is 16.5. The third kappa shape index (κ3) is 2.06. The molecule has 0 bridgehead atoms. The van der Waals surface area contributed by atoms with Crippen LogP contribution in [0.25, 0.3) is 9.75 Å². The first kappa shape index (κ1) is 15.9. The van der Waals surface area contributed by atoms with Crippen LogP contribution in [0.2, 0.25) is 0 Å². The van der Waals surface area contributed by atoms with Crippen molar-refractivity contribution in [2.45, 2.75) is 65.1 Å². The van der Waals surface area contributed by atoms with Crippen molar-refractivity contribution in [2.75, 3.05) is 0 Å². The highest BCUT2D eigenvalue weighted by atomic mass is 32.1. The first-order valence-corrected chi connectivity index (χ1v) is 9.77. The van der Waals surface area contributed by atoms with Gasteiger partial charge in [0.05, 0.1) is 11.2 Å². The molecule has 0 aromatic carbocycles. The Bertz CT molecular complexity index is 782. The summed E-state index contributed by atoms with van der Waals surface area (Å²) in [6.07, 6.45) is 0. The summed E-state index contributed by atoms with van der Waals surface area (Å²) in [5.41, 5.74) is 2.40. The quantitative estimate of drug-likeness (QED) is 0.696. The molecule has 1 saturated heterocycles. The van der Waals surface area contributed by atoms with Gasteiger partial charge in [0, 0.05) is 24.8 Å². The molecule has 0 atom stereocenters. The number of thiophene rings is 2. The van der Waals surface area contributed by atoms with Gasteiger partial charge in [-0.25, -0.2) is 0 Å². The van der Waals surface area contributed by atoms with E-state index in [-0.39, 0.29) is 23.7 Å². The number of fused-ring (bicyclic) bond motifs is 3. The molecule has 0 saturated carbocycles. The van der Waals surface area contributed by atoms with Crippen LogP contribution in [0.3, 0.4) is 0 Å². The molecule has 0 unspecified atom stereocenters. The lowest BCUT2D eigenvalue weighted by Gasteiger charge is -2.32. The predicted molar refractivity (Wildman–Crippen MR) is 100 cm³/mol. The van der Waals surface area contributed by atoms with E-state index in [0.717, 1.165) is 0 Å². The van der Waals surface area contributed by atoms with Crippen LogP contribution in [-0.4, -0.2) is 18.3 Å². The number of hydrogen-bond acceptors (Lipinski definition) is 4. The zero-order valence-electron chi connectivity index (χ0n) is 14.9. The fourth-order valence-electron chi connectivity index (χ4n) is 3.41. The lowest BCUT2D eigenvalue weighted by Crippen LogP contribution is -2.41. The van der Waals surface area contributed by atoms with Gasteiger partial charge in [-0.2, -0.15) is 0 Å². The first-order chi connectivity index (χ1) is 10.5. The third-order valence-electron chi connectivity index (χ3n) is 5.64. The molecule has 2 nitrogen and oxygen atoms in total. The fraction of sp³-hybridized carbons (Fsp3) is 0.556. The molecule has 1 aliphatic carbocycles. The van der Waals surface area contributed by atoms with E-state index in [9.17, 15) is 0 Å². The van der Waals surface area contributed by atoms with Crippen LogP contribution in [0.15, 0.2) is 12.1 Å². The predicted octanol–water partition coefficient (Wildman–Crippen LogP) is 4.72. The van der Waals surface area contributed by atoms with Gasteiger partial charge in [0.15, 0.2) is 0 Å². The summed E-state index contributed by atoms with van der Waals surface area (Å²) >= 11 is 3.75. The highest BCUT2D eigenvalue weighted by Crippen LogP contribution is 2.54. The van der Waals surface area contributed by atoms with E-state index < -0.39 is 0 Å². The lowest BCUT2D eigenvalue weighted by atomic mass is 9.81. The highest BCUT2D eigenvalue weighted by Gasteiger charge is 2.53. The topological polar surface area (TPSA) is 18.5 Å². The molecule has 4 rings (SSSR count). The van der Waals surface area contributed by atoms with Crippen LogP contribution in [0.5, 0.6) is 0 Å². The molecule has 5 heteroatoms. The molecule has 1 aliphatic heterocycles. The molecule has 2 aromatic rings. The summed E-state index contributed by atoms with van der Waals surface area (Å²) < 4.78 is 13.7.